The molecule has 0 amide bonds. The van der Waals surface area contributed by atoms with Crippen LogP contribution in [-0.4, -0.2) is 68.8 Å². The number of carboxylic acid groups (broad SMARTS) is 1. The molecule has 5 atom stereocenters. The molecule has 1 aliphatic rings. The van der Waals surface area contributed by atoms with Gasteiger partial charge in [0.2, 0.25) is 6.29 Å². The van der Waals surface area contributed by atoms with Crippen LogP contribution in [0.15, 0.2) is 36.4 Å². The number of aliphatic hydroxyl groups is 4. The van der Waals surface area contributed by atoms with Gasteiger partial charge in [0.25, 0.3) is 0 Å². The Labute approximate surface area is 142 Å². The number of aliphatic hydroxyl groups excluding tert-OH is 4. The van der Waals surface area contributed by atoms with Crippen molar-refractivity contribution in [2.24, 2.45) is 0 Å². The first-order chi connectivity index (χ1) is 11.9. The van der Waals surface area contributed by atoms with E-state index in [1.165, 1.54) is 12.1 Å². The fourth-order valence-corrected chi connectivity index (χ4v) is 2.73. The summed E-state index contributed by atoms with van der Waals surface area (Å²) in [4.78, 5) is 11.0. The van der Waals surface area contributed by atoms with E-state index in [9.17, 15) is 25.2 Å². The Morgan fingerprint density at radius 2 is 1.68 bits per heavy atom. The maximum absolute atomic E-state index is 11.0. The summed E-state index contributed by atoms with van der Waals surface area (Å²) in [6.07, 6.45) is -6.79. The monoisotopic (exact) mass is 350 g/mol. The zero-order valence-electron chi connectivity index (χ0n) is 13.0. The number of hydrogen-bond donors (Lipinski definition) is 5. The Morgan fingerprint density at radius 1 is 1.00 bits per heavy atom. The van der Waals surface area contributed by atoms with Crippen molar-refractivity contribution in [2.45, 2.75) is 30.7 Å². The zero-order chi connectivity index (χ0) is 18.1. The van der Waals surface area contributed by atoms with Crippen molar-refractivity contribution in [3.63, 3.8) is 0 Å². The minimum atomic E-state index is -1.52. The molecule has 1 fully saturated rings. The van der Waals surface area contributed by atoms with E-state index in [4.69, 9.17) is 14.6 Å². The molecular formula is C17H18O8. The fraction of sp³-hybridized carbons (Fsp3) is 0.353. The van der Waals surface area contributed by atoms with E-state index in [1.807, 2.05) is 0 Å². The molecule has 0 radical (unpaired) electrons. The van der Waals surface area contributed by atoms with E-state index in [1.54, 1.807) is 24.3 Å². The van der Waals surface area contributed by atoms with Gasteiger partial charge in [-0.15, -0.1) is 0 Å². The number of carboxylic acids is 1. The van der Waals surface area contributed by atoms with Gasteiger partial charge in [0.15, 0.2) is 0 Å². The van der Waals surface area contributed by atoms with Gasteiger partial charge in [0.1, 0.15) is 30.2 Å². The number of carbonyl (C=O) groups is 1. The van der Waals surface area contributed by atoms with Gasteiger partial charge in [0, 0.05) is 0 Å². The molecular weight excluding hydrogens is 332 g/mol. The van der Waals surface area contributed by atoms with E-state index in [0.29, 0.717) is 16.5 Å². The van der Waals surface area contributed by atoms with Gasteiger partial charge in [-0.2, -0.15) is 0 Å². The van der Waals surface area contributed by atoms with Crippen LogP contribution in [0.2, 0.25) is 0 Å². The standard InChI is InChI=1S/C17H18O8/c18-7-12-13(19)14(20)15(21)17(25-12)24-11-4-3-8-5-10(16(22)23)2-1-9(8)6-11/h1-6,12-15,17-21H,7H2,(H,22,23)/t12-,13+,14+,15-,17-/m1/s1. The van der Waals surface area contributed by atoms with E-state index in [-0.39, 0.29) is 5.56 Å². The van der Waals surface area contributed by atoms with Crippen molar-refractivity contribution in [1.82, 2.24) is 0 Å². The molecule has 1 aliphatic heterocycles. The van der Waals surface area contributed by atoms with Crippen LogP contribution in [-0.2, 0) is 4.74 Å². The van der Waals surface area contributed by atoms with Gasteiger partial charge in [-0.3, -0.25) is 0 Å². The summed E-state index contributed by atoms with van der Waals surface area (Å²) >= 11 is 0. The maximum atomic E-state index is 11.0. The van der Waals surface area contributed by atoms with E-state index >= 15 is 0 Å². The molecule has 0 aromatic heterocycles. The van der Waals surface area contributed by atoms with Gasteiger partial charge < -0.3 is 35.0 Å². The summed E-state index contributed by atoms with van der Waals surface area (Å²) in [6, 6.07) is 9.45. The summed E-state index contributed by atoms with van der Waals surface area (Å²) < 4.78 is 10.8. The van der Waals surface area contributed by atoms with Gasteiger partial charge in [-0.1, -0.05) is 12.1 Å². The smallest absolute Gasteiger partial charge is 0.335 e. The Balaban J connectivity index is 1.82. The van der Waals surface area contributed by atoms with E-state index in [0.717, 1.165) is 0 Å². The van der Waals surface area contributed by atoms with Crippen LogP contribution in [0.5, 0.6) is 5.75 Å². The first-order valence-corrected chi connectivity index (χ1v) is 7.65. The third kappa shape index (κ3) is 3.44. The fourth-order valence-electron chi connectivity index (χ4n) is 2.73. The highest BCUT2D eigenvalue weighted by molar-refractivity contribution is 5.94. The van der Waals surface area contributed by atoms with Crippen LogP contribution < -0.4 is 4.74 Å². The molecule has 0 spiro atoms. The van der Waals surface area contributed by atoms with Crippen molar-refractivity contribution >= 4 is 16.7 Å². The third-order valence-electron chi connectivity index (χ3n) is 4.16. The predicted molar refractivity (Wildman–Crippen MR) is 85.3 cm³/mol. The van der Waals surface area contributed by atoms with Crippen LogP contribution in [0.25, 0.3) is 10.8 Å². The quantitative estimate of drug-likeness (QED) is 0.508. The van der Waals surface area contributed by atoms with E-state index < -0.39 is 43.3 Å². The van der Waals surface area contributed by atoms with Gasteiger partial charge >= 0.3 is 5.97 Å². The molecule has 8 heteroatoms. The first kappa shape index (κ1) is 17.6. The molecule has 1 saturated heterocycles. The van der Waals surface area contributed by atoms with Crippen molar-refractivity contribution < 1.29 is 39.8 Å². The number of ether oxygens (including phenoxy) is 2. The minimum absolute atomic E-state index is 0.162. The lowest BCUT2D eigenvalue weighted by molar-refractivity contribution is -0.277. The topological polar surface area (TPSA) is 137 Å². The maximum Gasteiger partial charge on any atom is 0.335 e. The average Bonchev–Trinajstić information content (AvgIpc) is 2.61. The number of benzene rings is 2. The molecule has 0 bridgehead atoms. The molecule has 3 rings (SSSR count). The number of aromatic carboxylic acids is 1. The molecule has 5 N–H and O–H groups in total. The average molecular weight is 350 g/mol. The third-order valence-corrected chi connectivity index (χ3v) is 4.16. The van der Waals surface area contributed by atoms with Gasteiger partial charge in [-0.25, -0.2) is 4.79 Å². The number of rotatable bonds is 4. The van der Waals surface area contributed by atoms with E-state index in [2.05, 4.69) is 0 Å². The lowest BCUT2D eigenvalue weighted by Crippen LogP contribution is -2.60. The number of hydrogen-bond acceptors (Lipinski definition) is 7. The molecule has 0 unspecified atom stereocenters. The highest BCUT2D eigenvalue weighted by Crippen LogP contribution is 2.27. The summed E-state index contributed by atoms with van der Waals surface area (Å²) in [5, 5.41) is 49.1. The molecule has 25 heavy (non-hydrogen) atoms. The second-order valence-corrected chi connectivity index (χ2v) is 5.84. The zero-order valence-corrected chi connectivity index (χ0v) is 13.0. The molecule has 8 nitrogen and oxygen atoms in total. The molecule has 134 valence electrons. The van der Waals surface area contributed by atoms with Gasteiger partial charge in [0.05, 0.1) is 12.2 Å². The highest BCUT2D eigenvalue weighted by Gasteiger charge is 2.44. The Hall–Kier alpha value is -2.23. The van der Waals surface area contributed by atoms with Crippen LogP contribution in [0.1, 0.15) is 10.4 Å². The normalized spacial score (nSPS) is 29.5. The summed E-state index contributed by atoms with van der Waals surface area (Å²) in [6.45, 7) is -0.541. The van der Waals surface area contributed by atoms with Crippen molar-refractivity contribution in [2.75, 3.05) is 6.61 Å². The van der Waals surface area contributed by atoms with Crippen molar-refractivity contribution in [3.05, 3.63) is 42.0 Å². The van der Waals surface area contributed by atoms with Crippen LogP contribution >= 0.6 is 0 Å². The summed E-state index contributed by atoms with van der Waals surface area (Å²) in [5.74, 6) is -0.705. The lowest BCUT2D eigenvalue weighted by atomic mass is 9.99. The van der Waals surface area contributed by atoms with Gasteiger partial charge in [-0.05, 0) is 35.0 Å². The van der Waals surface area contributed by atoms with Crippen molar-refractivity contribution in [1.29, 1.82) is 0 Å². The molecule has 0 aliphatic carbocycles. The Kier molecular flexibility index (Phi) is 4.89. The molecule has 2 aromatic rings. The van der Waals surface area contributed by atoms with Crippen LogP contribution in [0.4, 0.5) is 0 Å². The first-order valence-electron chi connectivity index (χ1n) is 7.65. The molecule has 1 heterocycles. The second-order valence-electron chi connectivity index (χ2n) is 5.84. The second kappa shape index (κ2) is 6.95. The molecule has 0 saturated carbocycles. The SMILES string of the molecule is O=C(O)c1ccc2cc(O[C@@H]3O[C@H](CO)[C@H](O)[C@H](O)[C@H]3O)ccc2c1. The summed E-state index contributed by atoms with van der Waals surface area (Å²) in [5.41, 5.74) is 0.162. The largest absolute Gasteiger partial charge is 0.478 e. The lowest BCUT2D eigenvalue weighted by Gasteiger charge is -2.39. The Bertz CT molecular complexity index is 774. The predicted octanol–water partition coefficient (Wildman–Crippen LogP) is -0.283. The Morgan fingerprint density at radius 3 is 2.36 bits per heavy atom. The minimum Gasteiger partial charge on any atom is -0.478 e. The van der Waals surface area contributed by atoms with Crippen LogP contribution in [0, 0.1) is 0 Å². The molecule has 2 aromatic carbocycles. The van der Waals surface area contributed by atoms with Crippen molar-refractivity contribution in [3.8, 4) is 5.75 Å². The van der Waals surface area contributed by atoms with Crippen LogP contribution in [0.3, 0.4) is 0 Å². The highest BCUT2D eigenvalue weighted by atomic mass is 16.7. The summed E-state index contributed by atoms with van der Waals surface area (Å²) in [7, 11) is 0. The number of fused-ring (bicyclic) bond motifs is 1.